The summed E-state index contributed by atoms with van der Waals surface area (Å²) in [5.74, 6) is -0.439. The Morgan fingerprint density at radius 2 is 1.93 bits per heavy atom. The maximum atomic E-state index is 13.0. The molecule has 0 radical (unpaired) electrons. The van der Waals surface area contributed by atoms with Crippen LogP contribution < -0.4 is 10.2 Å². The lowest BCUT2D eigenvalue weighted by molar-refractivity contribution is -0.115. The molecule has 3 aromatic rings. The molecule has 2 heterocycles. The van der Waals surface area contributed by atoms with Gasteiger partial charge in [0.2, 0.25) is 5.91 Å². The molecule has 28 heavy (non-hydrogen) atoms. The molecular formula is C22H19FN2O3. The number of hydrogen-bond donors (Lipinski definition) is 1. The fourth-order valence-electron chi connectivity index (χ4n) is 3.39. The summed E-state index contributed by atoms with van der Waals surface area (Å²) < 4.78 is 18.2. The van der Waals surface area contributed by atoms with Crippen molar-refractivity contribution in [2.45, 2.75) is 19.3 Å². The first-order valence-electron chi connectivity index (χ1n) is 9.13. The van der Waals surface area contributed by atoms with Crippen LogP contribution in [0, 0.1) is 5.82 Å². The fourth-order valence-corrected chi connectivity index (χ4v) is 3.39. The molecule has 0 saturated heterocycles. The Morgan fingerprint density at radius 1 is 1.11 bits per heavy atom. The Morgan fingerprint density at radius 3 is 2.68 bits per heavy atom. The van der Waals surface area contributed by atoms with Crippen molar-refractivity contribution in [3.63, 3.8) is 0 Å². The van der Waals surface area contributed by atoms with E-state index in [1.807, 2.05) is 18.2 Å². The van der Waals surface area contributed by atoms with Crippen LogP contribution in [0.5, 0.6) is 0 Å². The molecule has 2 amide bonds. The van der Waals surface area contributed by atoms with Crippen molar-refractivity contribution >= 4 is 23.2 Å². The Kier molecular flexibility index (Phi) is 4.93. The van der Waals surface area contributed by atoms with Gasteiger partial charge in [0.25, 0.3) is 5.91 Å². The smallest absolute Gasteiger partial charge is 0.293 e. The van der Waals surface area contributed by atoms with E-state index >= 15 is 0 Å². The van der Waals surface area contributed by atoms with Gasteiger partial charge in [-0.25, -0.2) is 4.39 Å². The molecule has 4 rings (SSSR count). The van der Waals surface area contributed by atoms with Crippen LogP contribution in [0.4, 0.5) is 15.8 Å². The number of furan rings is 1. The molecule has 1 aromatic heterocycles. The number of aryl methyl sites for hydroxylation is 1. The second-order valence-corrected chi connectivity index (χ2v) is 6.73. The van der Waals surface area contributed by atoms with Gasteiger partial charge in [0.05, 0.1) is 12.7 Å². The van der Waals surface area contributed by atoms with E-state index in [1.54, 1.807) is 29.2 Å². The standard InChI is InChI=1S/C22H19FN2O3/c23-17-8-5-15(6-9-17)13-21(26)24-18-10-7-16-3-1-11-25(19(16)14-18)22(27)20-4-2-12-28-20/h2,4-10,12,14H,1,3,11,13H2,(H,24,26). The quantitative estimate of drug-likeness (QED) is 0.740. The largest absolute Gasteiger partial charge is 0.459 e. The van der Waals surface area contributed by atoms with E-state index in [0.29, 0.717) is 18.0 Å². The highest BCUT2D eigenvalue weighted by atomic mass is 19.1. The van der Waals surface area contributed by atoms with Crippen molar-refractivity contribution in [3.8, 4) is 0 Å². The van der Waals surface area contributed by atoms with Gasteiger partial charge in [-0.1, -0.05) is 18.2 Å². The monoisotopic (exact) mass is 378 g/mol. The SMILES string of the molecule is O=C(Cc1ccc(F)cc1)Nc1ccc2c(c1)N(C(=O)c1ccco1)CCC2. The minimum Gasteiger partial charge on any atom is -0.459 e. The summed E-state index contributed by atoms with van der Waals surface area (Å²) in [6.45, 7) is 0.597. The zero-order valence-electron chi connectivity index (χ0n) is 15.2. The molecular weight excluding hydrogens is 359 g/mol. The highest BCUT2D eigenvalue weighted by molar-refractivity contribution is 6.05. The number of rotatable bonds is 4. The Balaban J connectivity index is 1.52. The molecule has 1 N–H and O–H groups in total. The predicted octanol–water partition coefficient (Wildman–Crippen LogP) is 4.19. The van der Waals surface area contributed by atoms with Crippen LogP contribution >= 0.6 is 0 Å². The van der Waals surface area contributed by atoms with E-state index in [2.05, 4.69) is 5.32 Å². The number of anilines is 2. The van der Waals surface area contributed by atoms with Gasteiger partial charge in [0, 0.05) is 17.9 Å². The summed E-state index contributed by atoms with van der Waals surface area (Å²) in [5.41, 5.74) is 3.19. The van der Waals surface area contributed by atoms with Crippen molar-refractivity contribution in [2.75, 3.05) is 16.8 Å². The third-order valence-electron chi connectivity index (χ3n) is 4.74. The highest BCUT2D eigenvalue weighted by Gasteiger charge is 2.25. The molecule has 1 aliphatic rings. The number of carbonyl (C=O) groups is 2. The van der Waals surface area contributed by atoms with Gasteiger partial charge in [0.1, 0.15) is 5.82 Å². The molecule has 6 heteroatoms. The second kappa shape index (κ2) is 7.68. The van der Waals surface area contributed by atoms with Crippen molar-refractivity contribution in [1.29, 1.82) is 0 Å². The van der Waals surface area contributed by atoms with Gasteiger partial charge < -0.3 is 14.6 Å². The van der Waals surface area contributed by atoms with Crippen LogP contribution in [0.1, 0.15) is 28.1 Å². The Bertz CT molecular complexity index is 997. The second-order valence-electron chi connectivity index (χ2n) is 6.73. The van der Waals surface area contributed by atoms with E-state index in [0.717, 1.165) is 29.7 Å². The predicted molar refractivity (Wildman–Crippen MR) is 104 cm³/mol. The number of fused-ring (bicyclic) bond motifs is 1. The number of benzene rings is 2. The van der Waals surface area contributed by atoms with Gasteiger partial charge in [-0.15, -0.1) is 0 Å². The molecule has 0 atom stereocenters. The summed E-state index contributed by atoms with van der Waals surface area (Å²) in [5, 5.41) is 2.86. The lowest BCUT2D eigenvalue weighted by Gasteiger charge is -2.29. The first-order valence-corrected chi connectivity index (χ1v) is 9.13. The number of nitrogens with zero attached hydrogens (tertiary/aromatic N) is 1. The van der Waals surface area contributed by atoms with Crippen LogP contribution in [0.3, 0.4) is 0 Å². The number of halogens is 1. The highest BCUT2D eigenvalue weighted by Crippen LogP contribution is 2.31. The van der Waals surface area contributed by atoms with Crippen LogP contribution in [0.2, 0.25) is 0 Å². The fraction of sp³-hybridized carbons (Fsp3) is 0.182. The molecule has 0 unspecified atom stereocenters. The van der Waals surface area contributed by atoms with Crippen LogP contribution in [0.25, 0.3) is 0 Å². The van der Waals surface area contributed by atoms with Crippen molar-refractivity contribution in [2.24, 2.45) is 0 Å². The average molecular weight is 378 g/mol. The molecule has 1 aliphatic heterocycles. The van der Waals surface area contributed by atoms with Crippen molar-refractivity contribution in [3.05, 3.63) is 83.6 Å². The van der Waals surface area contributed by atoms with E-state index < -0.39 is 0 Å². The summed E-state index contributed by atoms with van der Waals surface area (Å²) in [7, 11) is 0. The van der Waals surface area contributed by atoms with Crippen LogP contribution in [-0.2, 0) is 17.6 Å². The molecule has 5 nitrogen and oxygen atoms in total. The number of carbonyl (C=O) groups excluding carboxylic acids is 2. The maximum absolute atomic E-state index is 13.0. The number of hydrogen-bond acceptors (Lipinski definition) is 3. The van der Waals surface area contributed by atoms with Gasteiger partial charge >= 0.3 is 0 Å². The van der Waals surface area contributed by atoms with E-state index in [4.69, 9.17) is 4.42 Å². The molecule has 0 aliphatic carbocycles. The Hall–Kier alpha value is -3.41. The summed E-state index contributed by atoms with van der Waals surface area (Å²) in [6.07, 6.45) is 3.37. The van der Waals surface area contributed by atoms with Crippen LogP contribution in [0.15, 0.2) is 65.3 Å². The Labute approximate surface area is 161 Å². The summed E-state index contributed by atoms with van der Waals surface area (Å²) >= 11 is 0. The van der Waals surface area contributed by atoms with E-state index in [9.17, 15) is 14.0 Å². The molecule has 0 bridgehead atoms. The maximum Gasteiger partial charge on any atom is 0.293 e. The molecule has 2 aromatic carbocycles. The minimum absolute atomic E-state index is 0.145. The number of amides is 2. The van der Waals surface area contributed by atoms with Crippen LogP contribution in [-0.4, -0.2) is 18.4 Å². The molecule has 0 saturated carbocycles. The van der Waals surface area contributed by atoms with Crippen molar-refractivity contribution in [1.82, 2.24) is 0 Å². The minimum atomic E-state index is -0.333. The lowest BCUT2D eigenvalue weighted by Crippen LogP contribution is -2.35. The number of nitrogens with one attached hydrogen (secondary N) is 1. The summed E-state index contributed by atoms with van der Waals surface area (Å²) in [6, 6.07) is 14.8. The normalized spacial score (nSPS) is 13.1. The molecule has 0 spiro atoms. The summed E-state index contributed by atoms with van der Waals surface area (Å²) in [4.78, 5) is 26.8. The first kappa shape index (κ1) is 18.0. The van der Waals surface area contributed by atoms with E-state index in [1.165, 1.54) is 18.4 Å². The zero-order valence-corrected chi connectivity index (χ0v) is 15.2. The molecule has 142 valence electrons. The average Bonchev–Trinajstić information content (AvgIpc) is 3.23. The first-order chi connectivity index (χ1) is 13.6. The van der Waals surface area contributed by atoms with Crippen molar-refractivity contribution < 1.29 is 18.4 Å². The zero-order chi connectivity index (χ0) is 19.5. The van der Waals surface area contributed by atoms with E-state index in [-0.39, 0.29) is 24.1 Å². The lowest BCUT2D eigenvalue weighted by atomic mass is 10.0. The van der Waals surface area contributed by atoms with Gasteiger partial charge in [-0.2, -0.15) is 0 Å². The third-order valence-corrected chi connectivity index (χ3v) is 4.74. The topological polar surface area (TPSA) is 62.6 Å². The van der Waals surface area contributed by atoms with Gasteiger partial charge in [0.15, 0.2) is 5.76 Å². The van der Waals surface area contributed by atoms with Gasteiger partial charge in [-0.05, 0) is 60.4 Å². The third kappa shape index (κ3) is 3.81. The van der Waals surface area contributed by atoms with Gasteiger partial charge in [-0.3, -0.25) is 9.59 Å². The molecule has 0 fully saturated rings.